The number of aromatic nitrogens is 3. The highest BCUT2D eigenvalue weighted by atomic mass is 16.1. The molecule has 0 bridgehead atoms. The molecular weight excluding hydrogens is 410 g/mol. The Morgan fingerprint density at radius 2 is 1.79 bits per heavy atom. The summed E-state index contributed by atoms with van der Waals surface area (Å²) in [4.78, 5) is 26.3. The van der Waals surface area contributed by atoms with Gasteiger partial charge in [-0.05, 0) is 61.9 Å². The van der Waals surface area contributed by atoms with Crippen molar-refractivity contribution in [1.82, 2.24) is 20.3 Å². The highest BCUT2D eigenvalue weighted by molar-refractivity contribution is 5.99. The minimum Gasteiger partial charge on any atom is -0.369 e. The summed E-state index contributed by atoms with van der Waals surface area (Å²) in [6.07, 6.45) is 5.97. The lowest BCUT2D eigenvalue weighted by molar-refractivity contribution is 0.0951. The molecule has 0 radical (unpaired) electrons. The molecule has 0 spiro atoms. The maximum atomic E-state index is 13.0. The van der Waals surface area contributed by atoms with Crippen molar-refractivity contribution in [3.63, 3.8) is 0 Å². The molecule has 3 heterocycles. The lowest BCUT2D eigenvalue weighted by atomic mass is 10.0. The molecule has 0 atom stereocenters. The van der Waals surface area contributed by atoms with E-state index in [-0.39, 0.29) is 5.91 Å². The Hall–Kier alpha value is -4.06. The van der Waals surface area contributed by atoms with Crippen molar-refractivity contribution in [2.45, 2.75) is 26.8 Å². The Bertz CT molecular complexity index is 1210. The highest BCUT2D eigenvalue weighted by Gasteiger charge is 2.15. The second-order valence-electron chi connectivity index (χ2n) is 8.01. The number of hydrogen-bond acceptors (Lipinski definition) is 5. The van der Waals surface area contributed by atoms with Gasteiger partial charge >= 0.3 is 0 Å². The number of hydrogen-bond donors (Lipinski definition) is 2. The van der Waals surface area contributed by atoms with Crippen LogP contribution < -0.4 is 10.6 Å². The second-order valence-corrected chi connectivity index (χ2v) is 8.01. The van der Waals surface area contributed by atoms with Crippen LogP contribution in [-0.2, 0) is 13.0 Å². The van der Waals surface area contributed by atoms with E-state index >= 15 is 0 Å². The highest BCUT2D eigenvalue weighted by Crippen LogP contribution is 2.24. The topological polar surface area (TPSA) is 79.8 Å². The first-order valence-corrected chi connectivity index (χ1v) is 11.0. The van der Waals surface area contributed by atoms with Gasteiger partial charge in [0.2, 0.25) is 0 Å². The maximum Gasteiger partial charge on any atom is 0.255 e. The zero-order valence-electron chi connectivity index (χ0n) is 18.9. The van der Waals surface area contributed by atoms with Crippen molar-refractivity contribution in [3.05, 3.63) is 107 Å². The van der Waals surface area contributed by atoms with Crippen LogP contribution in [-0.4, -0.2) is 27.4 Å². The Labute approximate surface area is 194 Å². The summed E-state index contributed by atoms with van der Waals surface area (Å²) in [7, 11) is 0. The Morgan fingerprint density at radius 1 is 0.939 bits per heavy atom. The molecule has 3 aromatic heterocycles. The molecular formula is C27H27N5O. The van der Waals surface area contributed by atoms with Gasteiger partial charge in [-0.1, -0.05) is 29.3 Å². The monoisotopic (exact) mass is 437 g/mol. The van der Waals surface area contributed by atoms with Gasteiger partial charge in [-0.2, -0.15) is 0 Å². The van der Waals surface area contributed by atoms with Crippen molar-refractivity contribution < 1.29 is 4.79 Å². The van der Waals surface area contributed by atoms with Crippen LogP contribution >= 0.6 is 0 Å². The van der Waals surface area contributed by atoms with Gasteiger partial charge in [-0.3, -0.25) is 14.8 Å². The van der Waals surface area contributed by atoms with E-state index < -0.39 is 0 Å². The Morgan fingerprint density at radius 3 is 2.52 bits per heavy atom. The van der Waals surface area contributed by atoms with E-state index in [9.17, 15) is 4.79 Å². The van der Waals surface area contributed by atoms with Crippen LogP contribution in [0.2, 0.25) is 0 Å². The summed E-state index contributed by atoms with van der Waals surface area (Å²) in [5.41, 5.74) is 6.64. The average molecular weight is 438 g/mol. The van der Waals surface area contributed by atoms with Gasteiger partial charge in [0.25, 0.3) is 5.91 Å². The molecule has 0 unspecified atom stereocenters. The smallest absolute Gasteiger partial charge is 0.255 e. The molecule has 4 rings (SSSR count). The summed E-state index contributed by atoms with van der Waals surface area (Å²) in [5.74, 6) is 0.380. The van der Waals surface area contributed by atoms with Gasteiger partial charge in [0.05, 0.1) is 11.3 Å². The predicted molar refractivity (Wildman–Crippen MR) is 131 cm³/mol. The van der Waals surface area contributed by atoms with Crippen LogP contribution in [0.4, 0.5) is 5.82 Å². The Kier molecular flexibility index (Phi) is 7.05. The number of aryl methyl sites for hydroxylation is 2. The first-order chi connectivity index (χ1) is 16.1. The molecule has 0 saturated carbocycles. The van der Waals surface area contributed by atoms with Crippen molar-refractivity contribution in [3.8, 4) is 11.3 Å². The third-order valence-electron chi connectivity index (χ3n) is 5.23. The average Bonchev–Trinajstić information content (AvgIpc) is 2.83. The van der Waals surface area contributed by atoms with E-state index in [4.69, 9.17) is 4.98 Å². The van der Waals surface area contributed by atoms with Crippen LogP contribution in [0.5, 0.6) is 0 Å². The molecule has 0 aliphatic carbocycles. The molecule has 1 amide bonds. The number of amides is 1. The van der Waals surface area contributed by atoms with Gasteiger partial charge < -0.3 is 10.6 Å². The summed E-state index contributed by atoms with van der Waals surface area (Å²) in [5, 5.41) is 6.33. The summed E-state index contributed by atoms with van der Waals surface area (Å²) >= 11 is 0. The van der Waals surface area contributed by atoms with Gasteiger partial charge in [0.1, 0.15) is 5.82 Å². The van der Waals surface area contributed by atoms with Crippen molar-refractivity contribution >= 4 is 11.7 Å². The molecule has 33 heavy (non-hydrogen) atoms. The number of carbonyl (C=O) groups excluding carboxylic acids is 1. The molecule has 6 nitrogen and oxygen atoms in total. The van der Waals surface area contributed by atoms with Crippen molar-refractivity contribution in [2.75, 3.05) is 11.9 Å². The van der Waals surface area contributed by atoms with Gasteiger partial charge in [-0.15, -0.1) is 0 Å². The summed E-state index contributed by atoms with van der Waals surface area (Å²) < 4.78 is 0. The first-order valence-electron chi connectivity index (χ1n) is 11.0. The third kappa shape index (κ3) is 6.01. The number of rotatable bonds is 8. The number of anilines is 1. The number of nitrogens with zero attached hydrogens (tertiary/aromatic N) is 3. The molecule has 2 N–H and O–H groups in total. The van der Waals surface area contributed by atoms with E-state index in [2.05, 4.69) is 52.6 Å². The Balaban J connectivity index is 1.57. The minimum atomic E-state index is -0.182. The summed E-state index contributed by atoms with van der Waals surface area (Å²) in [6.45, 7) is 5.16. The fourth-order valence-corrected chi connectivity index (χ4v) is 3.70. The molecule has 1 aromatic carbocycles. The quantitative estimate of drug-likeness (QED) is 0.416. The first kappa shape index (κ1) is 22.1. The zero-order valence-corrected chi connectivity index (χ0v) is 18.9. The van der Waals surface area contributed by atoms with Gasteiger partial charge in [-0.25, -0.2) is 4.98 Å². The molecule has 166 valence electrons. The SMILES string of the molecule is Cc1cc(C)cc(-c2ccc(C(=O)NCc3cccnc3)c(NCCc3ccccn3)n2)c1. The standard InChI is InChI=1S/C27H27N5O/c1-19-14-20(2)16-22(15-19)25-9-8-24(27(33)31-18-21-6-5-11-28-17-21)26(32-25)30-13-10-23-7-3-4-12-29-23/h3-9,11-12,14-17H,10,13,18H2,1-2H3,(H,30,32)(H,31,33). The lowest BCUT2D eigenvalue weighted by Crippen LogP contribution is -2.25. The van der Waals surface area contributed by atoms with E-state index in [1.54, 1.807) is 18.6 Å². The van der Waals surface area contributed by atoms with Crippen LogP contribution in [0.3, 0.4) is 0 Å². The largest absolute Gasteiger partial charge is 0.369 e. The molecule has 0 fully saturated rings. The number of nitrogens with one attached hydrogen (secondary N) is 2. The zero-order chi connectivity index (χ0) is 23.0. The van der Waals surface area contributed by atoms with E-state index in [1.165, 1.54) is 11.1 Å². The van der Waals surface area contributed by atoms with Crippen LogP contribution in [0, 0.1) is 13.8 Å². The fourth-order valence-electron chi connectivity index (χ4n) is 3.70. The number of carbonyl (C=O) groups is 1. The van der Waals surface area contributed by atoms with Crippen molar-refractivity contribution in [2.24, 2.45) is 0 Å². The van der Waals surface area contributed by atoms with E-state index in [0.29, 0.717) is 24.5 Å². The maximum absolute atomic E-state index is 13.0. The molecule has 0 aliphatic rings. The van der Waals surface area contributed by atoms with Crippen molar-refractivity contribution in [1.29, 1.82) is 0 Å². The van der Waals surface area contributed by atoms with E-state index in [0.717, 1.165) is 28.9 Å². The van der Waals surface area contributed by atoms with Gasteiger partial charge in [0, 0.05) is 49.4 Å². The molecule has 0 saturated heterocycles. The van der Waals surface area contributed by atoms with Crippen LogP contribution in [0.15, 0.2) is 79.3 Å². The predicted octanol–water partition coefficient (Wildman–Crippen LogP) is 4.74. The number of pyridine rings is 3. The fraction of sp³-hybridized carbons (Fsp3) is 0.185. The molecule has 4 aromatic rings. The summed E-state index contributed by atoms with van der Waals surface area (Å²) in [6, 6.07) is 19.7. The molecule has 6 heteroatoms. The molecule has 0 aliphatic heterocycles. The third-order valence-corrected chi connectivity index (χ3v) is 5.23. The van der Waals surface area contributed by atoms with Gasteiger partial charge in [0.15, 0.2) is 0 Å². The lowest BCUT2D eigenvalue weighted by Gasteiger charge is -2.14. The van der Waals surface area contributed by atoms with Crippen LogP contribution in [0.1, 0.15) is 32.7 Å². The van der Waals surface area contributed by atoms with E-state index in [1.807, 2.05) is 42.5 Å². The normalized spacial score (nSPS) is 10.6. The van der Waals surface area contributed by atoms with Crippen LogP contribution in [0.25, 0.3) is 11.3 Å². The minimum absolute atomic E-state index is 0.182. The second kappa shape index (κ2) is 10.5. The number of benzene rings is 1.